The van der Waals surface area contributed by atoms with E-state index in [-0.39, 0.29) is 31.8 Å². The van der Waals surface area contributed by atoms with Crippen LogP contribution in [-0.2, 0) is 0 Å². The van der Waals surface area contributed by atoms with Gasteiger partial charge in [0.15, 0.2) is 0 Å². The number of halogens is 2. The van der Waals surface area contributed by atoms with E-state index in [1.54, 1.807) is 19.1 Å². The summed E-state index contributed by atoms with van der Waals surface area (Å²) in [6.45, 7) is 5.88. The van der Waals surface area contributed by atoms with Crippen molar-refractivity contribution in [1.29, 1.82) is 0 Å². The van der Waals surface area contributed by atoms with Gasteiger partial charge in [-0.25, -0.2) is 13.8 Å². The number of rotatable bonds is 5. The highest BCUT2D eigenvalue weighted by Crippen LogP contribution is 2.54. The molecule has 1 aliphatic carbocycles. The monoisotopic (exact) mass is 516 g/mol. The maximum absolute atomic E-state index is 13.6. The summed E-state index contributed by atoms with van der Waals surface area (Å²) in [4.78, 5) is 22.2. The van der Waals surface area contributed by atoms with E-state index < -0.39 is 12.0 Å². The number of alkyl halides is 2. The summed E-state index contributed by atoms with van der Waals surface area (Å²) in [7, 11) is 1.00. The van der Waals surface area contributed by atoms with Gasteiger partial charge in [-0.1, -0.05) is 0 Å². The number of hydrogen-bond acceptors (Lipinski definition) is 6. The summed E-state index contributed by atoms with van der Waals surface area (Å²) >= 11 is 0. The van der Waals surface area contributed by atoms with E-state index in [0.29, 0.717) is 28.2 Å². The largest absolute Gasteiger partial charge is 0.400 e. The third-order valence-electron chi connectivity index (χ3n) is 7.83. The molecule has 0 radical (unpaired) electrons. The Balaban J connectivity index is 0.00000156. The molecule has 0 bridgehead atoms. The lowest BCUT2D eigenvalue weighted by Gasteiger charge is -2.34. The number of aliphatic hydroxyl groups is 2. The fraction of sp³-hybridized carbons (Fsp3) is 0.571. The maximum Gasteiger partial charge on any atom is 0.259 e. The Hall–Kier alpha value is -2.78. The molecule has 3 fully saturated rings. The first-order valence-corrected chi connectivity index (χ1v) is 13.1. The molecule has 1 spiro atoms. The highest BCUT2D eigenvalue weighted by molar-refractivity contribution is 6.07. The molecule has 1 amide bonds. The number of aromatic nitrogens is 1. The molecule has 5 rings (SSSR count). The first kappa shape index (κ1) is 27.3. The standard InChI is InChI=1S/C27H34F2N4O2.CH4O/c1-18-15-20(17-21(16-18)32-13-9-27(28,29)10-14-32)30-25(35)22-3-4-23(19(2)34)31-24(22)33-11-7-26(5-6-26)8-12-33;1-2/h3-4,15-17,19,34H,5-14H2,1-2H3,(H,30,35);2H,1H3. The van der Waals surface area contributed by atoms with Gasteiger partial charge in [0, 0.05) is 57.5 Å². The van der Waals surface area contributed by atoms with Gasteiger partial charge in [-0.3, -0.25) is 4.79 Å². The summed E-state index contributed by atoms with van der Waals surface area (Å²) in [5.41, 5.74) is 3.93. The number of pyridine rings is 1. The van der Waals surface area contributed by atoms with Crippen LogP contribution in [0.1, 0.15) is 73.2 Å². The van der Waals surface area contributed by atoms with Gasteiger partial charge in [-0.05, 0) is 80.8 Å². The molecule has 202 valence electrons. The number of carbonyl (C=O) groups is 1. The second-order valence-corrected chi connectivity index (χ2v) is 10.6. The zero-order valence-electron chi connectivity index (χ0n) is 21.9. The maximum atomic E-state index is 13.6. The Labute approximate surface area is 217 Å². The van der Waals surface area contributed by atoms with E-state index in [1.807, 2.05) is 30.0 Å². The fourth-order valence-electron chi connectivity index (χ4n) is 5.29. The van der Waals surface area contributed by atoms with Crippen molar-refractivity contribution in [3.8, 4) is 0 Å². The second-order valence-electron chi connectivity index (χ2n) is 10.6. The molecule has 2 saturated heterocycles. The predicted octanol–water partition coefficient (Wildman–Crippen LogP) is 4.92. The molecule has 1 saturated carbocycles. The molecular weight excluding hydrogens is 478 g/mol. The molecule has 1 aromatic heterocycles. The first-order chi connectivity index (χ1) is 17.6. The number of piperidine rings is 2. The smallest absolute Gasteiger partial charge is 0.259 e. The zero-order chi connectivity index (χ0) is 26.8. The van der Waals surface area contributed by atoms with Gasteiger partial charge >= 0.3 is 0 Å². The molecule has 1 aromatic carbocycles. The first-order valence-electron chi connectivity index (χ1n) is 13.1. The normalized spacial score (nSPS) is 20.6. The van der Waals surface area contributed by atoms with Gasteiger partial charge in [0.25, 0.3) is 11.8 Å². The molecule has 1 atom stereocenters. The summed E-state index contributed by atoms with van der Waals surface area (Å²) in [5.74, 6) is -2.26. The number of anilines is 3. The van der Waals surface area contributed by atoms with Crippen LogP contribution >= 0.6 is 0 Å². The van der Waals surface area contributed by atoms with Crippen molar-refractivity contribution < 1.29 is 23.8 Å². The minimum atomic E-state index is -2.60. The molecule has 7 nitrogen and oxygen atoms in total. The van der Waals surface area contributed by atoms with E-state index >= 15 is 0 Å². The second kappa shape index (κ2) is 10.9. The highest BCUT2D eigenvalue weighted by atomic mass is 19.3. The van der Waals surface area contributed by atoms with Crippen LogP contribution < -0.4 is 15.1 Å². The van der Waals surface area contributed by atoms with Crippen LogP contribution in [0, 0.1) is 12.3 Å². The number of amides is 1. The van der Waals surface area contributed by atoms with Crippen LogP contribution in [0.15, 0.2) is 30.3 Å². The van der Waals surface area contributed by atoms with Gasteiger partial charge in [-0.15, -0.1) is 0 Å². The van der Waals surface area contributed by atoms with Crippen molar-refractivity contribution in [3.05, 3.63) is 47.2 Å². The van der Waals surface area contributed by atoms with Crippen LogP contribution in [0.4, 0.5) is 26.0 Å². The third kappa shape index (κ3) is 6.38. The van der Waals surface area contributed by atoms with Crippen LogP contribution in [0.3, 0.4) is 0 Å². The van der Waals surface area contributed by atoms with Gasteiger partial charge in [0.05, 0.1) is 17.4 Å². The van der Waals surface area contributed by atoms with Crippen molar-refractivity contribution in [2.45, 2.75) is 64.4 Å². The lowest BCUT2D eigenvalue weighted by atomic mass is 9.93. The zero-order valence-corrected chi connectivity index (χ0v) is 21.9. The minimum Gasteiger partial charge on any atom is -0.400 e. The molecule has 2 aromatic rings. The summed E-state index contributed by atoms with van der Waals surface area (Å²) < 4.78 is 27.2. The van der Waals surface area contributed by atoms with E-state index in [2.05, 4.69) is 15.2 Å². The van der Waals surface area contributed by atoms with E-state index in [0.717, 1.165) is 44.3 Å². The van der Waals surface area contributed by atoms with Crippen molar-refractivity contribution in [3.63, 3.8) is 0 Å². The average molecular weight is 517 g/mol. The number of nitrogens with one attached hydrogen (secondary N) is 1. The molecule has 3 aliphatic rings. The van der Waals surface area contributed by atoms with Crippen molar-refractivity contribution in [1.82, 2.24) is 4.98 Å². The molecule has 3 N–H and O–H groups in total. The molecule has 2 aliphatic heterocycles. The van der Waals surface area contributed by atoms with Gasteiger partial charge in [0.2, 0.25) is 0 Å². The minimum absolute atomic E-state index is 0.162. The molecule has 9 heteroatoms. The third-order valence-corrected chi connectivity index (χ3v) is 7.83. The lowest BCUT2D eigenvalue weighted by molar-refractivity contribution is -0.0220. The predicted molar refractivity (Wildman–Crippen MR) is 142 cm³/mol. The van der Waals surface area contributed by atoms with Crippen LogP contribution in [0.25, 0.3) is 0 Å². The van der Waals surface area contributed by atoms with E-state index in [9.17, 15) is 18.7 Å². The molecule has 37 heavy (non-hydrogen) atoms. The van der Waals surface area contributed by atoms with E-state index in [4.69, 9.17) is 5.11 Å². The SMILES string of the molecule is CO.Cc1cc(NC(=O)c2ccc(C(C)O)nc2N2CCC3(CC2)CC3)cc(N2CCC(F)(F)CC2)c1. The number of aliphatic hydroxyl groups excluding tert-OH is 2. The Bertz CT molecular complexity index is 1100. The van der Waals surface area contributed by atoms with Crippen molar-refractivity contribution in [2.75, 3.05) is 48.4 Å². The Morgan fingerprint density at radius 2 is 1.59 bits per heavy atom. The quantitative estimate of drug-likeness (QED) is 0.523. The number of benzene rings is 1. The fourth-order valence-corrected chi connectivity index (χ4v) is 5.29. The summed E-state index contributed by atoms with van der Waals surface area (Å²) in [6, 6.07) is 9.14. The van der Waals surface area contributed by atoms with Crippen molar-refractivity contribution >= 4 is 23.1 Å². The van der Waals surface area contributed by atoms with Gasteiger partial charge in [0.1, 0.15) is 5.82 Å². The van der Waals surface area contributed by atoms with Gasteiger partial charge in [-0.2, -0.15) is 0 Å². The Kier molecular flexibility index (Phi) is 8.04. The summed E-state index contributed by atoms with van der Waals surface area (Å²) in [6.07, 6.45) is 3.74. The van der Waals surface area contributed by atoms with E-state index in [1.165, 1.54) is 12.8 Å². The number of aryl methyl sites for hydroxylation is 1. The Morgan fingerprint density at radius 3 is 2.19 bits per heavy atom. The number of hydrogen-bond donors (Lipinski definition) is 3. The Morgan fingerprint density at radius 1 is 0.973 bits per heavy atom. The average Bonchev–Trinajstić information content (AvgIpc) is 3.63. The van der Waals surface area contributed by atoms with Crippen LogP contribution in [0.2, 0.25) is 0 Å². The van der Waals surface area contributed by atoms with Gasteiger partial charge < -0.3 is 25.3 Å². The number of nitrogens with zero attached hydrogens (tertiary/aromatic N) is 3. The topological polar surface area (TPSA) is 88.9 Å². The molecule has 1 unspecified atom stereocenters. The number of carbonyl (C=O) groups excluding carboxylic acids is 1. The summed E-state index contributed by atoms with van der Waals surface area (Å²) in [5, 5.41) is 20.1. The van der Waals surface area contributed by atoms with Crippen molar-refractivity contribution in [2.24, 2.45) is 5.41 Å². The van der Waals surface area contributed by atoms with Crippen LogP contribution in [-0.4, -0.2) is 60.3 Å². The molecule has 3 heterocycles. The highest BCUT2D eigenvalue weighted by Gasteiger charge is 2.45. The molecular formula is C28H38F2N4O3. The van der Waals surface area contributed by atoms with Crippen LogP contribution in [0.5, 0.6) is 0 Å². The lowest BCUT2D eigenvalue weighted by Crippen LogP contribution is -2.39.